The van der Waals surface area contributed by atoms with Gasteiger partial charge in [-0.25, -0.2) is 0 Å². The van der Waals surface area contributed by atoms with E-state index >= 15 is 0 Å². The quantitative estimate of drug-likeness (QED) is 0.571. The Morgan fingerprint density at radius 2 is 2.14 bits per heavy atom. The van der Waals surface area contributed by atoms with E-state index in [1.54, 1.807) is 4.90 Å². The Hall–Kier alpha value is -2.65. The van der Waals surface area contributed by atoms with E-state index in [4.69, 9.17) is 5.73 Å². The van der Waals surface area contributed by atoms with Crippen molar-refractivity contribution in [2.75, 3.05) is 19.6 Å². The molecule has 3 N–H and O–H groups in total. The van der Waals surface area contributed by atoms with Crippen molar-refractivity contribution in [3.05, 3.63) is 47.0 Å². The number of rotatable bonds is 6. The third kappa shape index (κ3) is 4.20. The number of piperidine rings is 1. The van der Waals surface area contributed by atoms with Gasteiger partial charge in [-0.15, -0.1) is 0 Å². The molecule has 1 heterocycles. The number of likely N-dealkylation sites (tertiary alicyclic amines) is 1. The third-order valence-electron chi connectivity index (χ3n) is 6.36. The molecule has 1 aromatic rings. The number of benzene rings is 1. The molecule has 1 aliphatic carbocycles. The summed E-state index contributed by atoms with van der Waals surface area (Å²) >= 11 is 0. The van der Waals surface area contributed by atoms with Crippen molar-refractivity contribution < 1.29 is 9.59 Å². The van der Waals surface area contributed by atoms with Crippen LogP contribution < -0.4 is 11.1 Å². The molecule has 1 saturated heterocycles. The van der Waals surface area contributed by atoms with Crippen LogP contribution in [0.1, 0.15) is 50.2 Å². The second-order valence-corrected chi connectivity index (χ2v) is 8.01. The summed E-state index contributed by atoms with van der Waals surface area (Å²) in [5, 5.41) is 12.5. The molecule has 0 bridgehead atoms. The predicted octanol–water partition coefficient (Wildman–Crippen LogP) is 2.19. The highest BCUT2D eigenvalue weighted by Gasteiger charge is 2.42. The van der Waals surface area contributed by atoms with Crippen LogP contribution in [0, 0.1) is 11.3 Å². The maximum atomic E-state index is 12.7. The molecule has 6 nitrogen and oxygen atoms in total. The standard InChI is InChI=1S/C23H30N4O2/c1-17-7-6-9-18-8-2-3-11-20(18)23(17,22(25)29)12-13-26-16-21(28)27-14-5-4-10-19(27)15-24/h2-3,7-8,11,19,26H,4-6,9-10,12-14,16H2,1H3,(H2,25,29)/t19-,23?/m0/s1. The van der Waals surface area contributed by atoms with Gasteiger partial charge in [0.15, 0.2) is 0 Å². The lowest BCUT2D eigenvalue weighted by Crippen LogP contribution is -2.48. The Morgan fingerprint density at radius 3 is 2.90 bits per heavy atom. The Kier molecular flexibility index (Phi) is 6.71. The summed E-state index contributed by atoms with van der Waals surface area (Å²) in [6.45, 7) is 3.26. The van der Waals surface area contributed by atoms with Gasteiger partial charge in [-0.1, -0.05) is 35.9 Å². The first-order chi connectivity index (χ1) is 14.0. The van der Waals surface area contributed by atoms with E-state index in [9.17, 15) is 14.9 Å². The zero-order chi connectivity index (χ0) is 20.9. The van der Waals surface area contributed by atoms with Gasteiger partial charge < -0.3 is 16.0 Å². The molecule has 2 atom stereocenters. The molecule has 154 valence electrons. The van der Waals surface area contributed by atoms with Crippen molar-refractivity contribution in [3.8, 4) is 6.07 Å². The smallest absolute Gasteiger partial charge is 0.237 e. The van der Waals surface area contributed by atoms with Crippen molar-refractivity contribution in [2.45, 2.75) is 56.9 Å². The molecule has 1 fully saturated rings. The summed E-state index contributed by atoms with van der Waals surface area (Å²) in [6.07, 6.45) is 7.05. The third-order valence-corrected chi connectivity index (χ3v) is 6.36. The summed E-state index contributed by atoms with van der Waals surface area (Å²) in [4.78, 5) is 26.9. The normalized spacial score (nSPS) is 24.1. The van der Waals surface area contributed by atoms with Crippen LogP contribution in [0.3, 0.4) is 0 Å². The number of hydrogen-bond donors (Lipinski definition) is 2. The Balaban J connectivity index is 1.70. The second-order valence-electron chi connectivity index (χ2n) is 8.01. The molecule has 0 spiro atoms. The van der Waals surface area contributed by atoms with Crippen LogP contribution in [0.25, 0.3) is 0 Å². The highest BCUT2D eigenvalue weighted by molar-refractivity contribution is 5.91. The number of nitrogens with zero attached hydrogens (tertiary/aromatic N) is 2. The van der Waals surface area contributed by atoms with Gasteiger partial charge in [-0.3, -0.25) is 9.59 Å². The molecule has 1 aliphatic heterocycles. The van der Waals surface area contributed by atoms with Gasteiger partial charge >= 0.3 is 0 Å². The van der Waals surface area contributed by atoms with Crippen molar-refractivity contribution >= 4 is 11.8 Å². The maximum Gasteiger partial charge on any atom is 0.237 e. The first kappa shape index (κ1) is 21.1. The van der Waals surface area contributed by atoms with Crippen molar-refractivity contribution in [1.82, 2.24) is 10.2 Å². The summed E-state index contributed by atoms with van der Waals surface area (Å²) in [6, 6.07) is 9.91. The molecule has 29 heavy (non-hydrogen) atoms. The number of primary amides is 1. The number of carbonyl (C=O) groups excluding carboxylic acids is 2. The van der Waals surface area contributed by atoms with Gasteiger partial charge in [0.05, 0.1) is 18.0 Å². The van der Waals surface area contributed by atoms with Gasteiger partial charge in [0.1, 0.15) is 6.04 Å². The van der Waals surface area contributed by atoms with Crippen molar-refractivity contribution in [3.63, 3.8) is 0 Å². The molecular weight excluding hydrogens is 364 g/mol. The fraction of sp³-hybridized carbons (Fsp3) is 0.522. The lowest BCUT2D eigenvalue weighted by molar-refractivity contribution is -0.132. The minimum atomic E-state index is -0.858. The topological polar surface area (TPSA) is 99.2 Å². The van der Waals surface area contributed by atoms with E-state index in [0.717, 1.165) is 48.8 Å². The second kappa shape index (κ2) is 9.23. The minimum Gasteiger partial charge on any atom is -0.369 e. The van der Waals surface area contributed by atoms with E-state index in [1.807, 2.05) is 25.1 Å². The van der Waals surface area contributed by atoms with E-state index in [0.29, 0.717) is 19.5 Å². The molecule has 1 unspecified atom stereocenters. The van der Waals surface area contributed by atoms with Crippen LogP contribution in [0.2, 0.25) is 0 Å². The summed E-state index contributed by atoms with van der Waals surface area (Å²) in [5.41, 5.74) is 8.20. The van der Waals surface area contributed by atoms with Gasteiger partial charge in [0, 0.05) is 6.54 Å². The van der Waals surface area contributed by atoms with Gasteiger partial charge in [0.25, 0.3) is 0 Å². The molecule has 2 aliphatic rings. The lowest BCUT2D eigenvalue weighted by atomic mass is 9.70. The molecule has 3 rings (SSSR count). The molecule has 2 amide bonds. The lowest BCUT2D eigenvalue weighted by Gasteiger charge is -2.34. The highest BCUT2D eigenvalue weighted by Crippen LogP contribution is 2.40. The maximum absolute atomic E-state index is 12.7. The van der Waals surface area contributed by atoms with Crippen LogP contribution in [0.4, 0.5) is 0 Å². The number of carbonyl (C=O) groups is 2. The zero-order valence-corrected chi connectivity index (χ0v) is 17.1. The van der Waals surface area contributed by atoms with E-state index < -0.39 is 5.41 Å². The molecule has 0 radical (unpaired) electrons. The number of hydrogen-bond acceptors (Lipinski definition) is 4. The highest BCUT2D eigenvalue weighted by atomic mass is 16.2. The average Bonchev–Trinajstić information content (AvgIpc) is 2.87. The fourth-order valence-corrected chi connectivity index (χ4v) is 4.70. The van der Waals surface area contributed by atoms with Crippen LogP contribution in [0.5, 0.6) is 0 Å². The number of allylic oxidation sites excluding steroid dienone is 1. The van der Waals surface area contributed by atoms with E-state index in [1.165, 1.54) is 0 Å². The Bertz CT molecular complexity index is 842. The molecule has 0 aromatic heterocycles. The summed E-state index contributed by atoms with van der Waals surface area (Å²) < 4.78 is 0. The number of nitrogens with one attached hydrogen (secondary N) is 1. The van der Waals surface area contributed by atoms with Crippen molar-refractivity contribution in [2.24, 2.45) is 5.73 Å². The van der Waals surface area contributed by atoms with Gasteiger partial charge in [-0.2, -0.15) is 5.26 Å². The molecule has 1 aromatic carbocycles. The largest absolute Gasteiger partial charge is 0.369 e. The monoisotopic (exact) mass is 394 g/mol. The van der Waals surface area contributed by atoms with E-state index in [2.05, 4.69) is 23.5 Å². The van der Waals surface area contributed by atoms with E-state index in [-0.39, 0.29) is 24.4 Å². The van der Waals surface area contributed by atoms with Crippen LogP contribution in [0.15, 0.2) is 35.9 Å². The Morgan fingerprint density at radius 1 is 1.34 bits per heavy atom. The number of fused-ring (bicyclic) bond motifs is 1. The Labute approximate surface area is 172 Å². The summed E-state index contributed by atoms with van der Waals surface area (Å²) in [7, 11) is 0. The van der Waals surface area contributed by atoms with Gasteiger partial charge in [-0.05, 0) is 63.1 Å². The molecule has 0 saturated carbocycles. The molecular formula is C23H30N4O2. The number of nitriles is 1. The summed E-state index contributed by atoms with van der Waals surface area (Å²) in [5.74, 6) is -0.410. The number of amides is 2. The number of aryl methyl sites for hydroxylation is 1. The zero-order valence-electron chi connectivity index (χ0n) is 17.1. The first-order valence-electron chi connectivity index (χ1n) is 10.5. The van der Waals surface area contributed by atoms with Gasteiger partial charge in [0.2, 0.25) is 11.8 Å². The average molecular weight is 395 g/mol. The van der Waals surface area contributed by atoms with Crippen LogP contribution >= 0.6 is 0 Å². The molecule has 6 heteroatoms. The van der Waals surface area contributed by atoms with Crippen molar-refractivity contribution in [1.29, 1.82) is 5.26 Å². The fourth-order valence-electron chi connectivity index (χ4n) is 4.70. The number of nitrogens with two attached hydrogens (primary N) is 1. The minimum absolute atomic E-state index is 0.0575. The van der Waals surface area contributed by atoms with Crippen LogP contribution in [-0.2, 0) is 21.4 Å². The first-order valence-corrected chi connectivity index (χ1v) is 10.5. The SMILES string of the molecule is CC1=CCCc2ccccc2C1(CCNCC(=O)N1CCCC[C@H]1C#N)C(N)=O. The van der Waals surface area contributed by atoms with Crippen LogP contribution in [-0.4, -0.2) is 42.4 Å². The predicted molar refractivity (Wildman–Crippen MR) is 112 cm³/mol.